The molecule has 27 heavy (non-hydrogen) atoms. The van der Waals surface area contributed by atoms with Crippen molar-refractivity contribution >= 4 is 23.4 Å². The molecule has 4 N–H and O–H groups in total. The summed E-state index contributed by atoms with van der Waals surface area (Å²) in [6, 6.07) is 8.40. The summed E-state index contributed by atoms with van der Waals surface area (Å²) in [5.74, 6) is -0.432. The second-order valence-corrected chi connectivity index (χ2v) is 7.38. The number of cyclic esters (lactones) is 1. The number of hydrogen-bond acceptors (Lipinski definition) is 3. The van der Waals surface area contributed by atoms with Crippen LogP contribution in [0.1, 0.15) is 37.5 Å². The highest BCUT2D eigenvalue weighted by molar-refractivity contribution is 6.00. The third-order valence-corrected chi connectivity index (χ3v) is 4.59. The molecule has 1 fully saturated rings. The van der Waals surface area contributed by atoms with Gasteiger partial charge >= 0.3 is 12.0 Å². The molecule has 6 nitrogen and oxygen atoms in total. The van der Waals surface area contributed by atoms with Crippen molar-refractivity contribution in [2.75, 3.05) is 10.6 Å². The van der Waals surface area contributed by atoms with Gasteiger partial charge in [-0.1, -0.05) is 13.8 Å². The van der Waals surface area contributed by atoms with Gasteiger partial charge in [0.1, 0.15) is 11.9 Å². The van der Waals surface area contributed by atoms with E-state index < -0.39 is 17.6 Å². The molecule has 2 amide bonds. The first-order valence-electron chi connectivity index (χ1n) is 8.55. The topological polar surface area (TPSA) is 90.3 Å². The molecule has 0 saturated carbocycles. The largest absolute Gasteiger partial charge is 0.593 e. The average Bonchev–Trinajstić information content (AvgIpc) is 2.84. The number of anilines is 2. The number of aryl methyl sites for hydroxylation is 1. The molecule has 0 spiro atoms. The number of carbonyl (C=O) groups excluding carboxylic acids is 2. The van der Waals surface area contributed by atoms with Crippen molar-refractivity contribution in [3.63, 3.8) is 0 Å². The Morgan fingerprint density at radius 1 is 1.22 bits per heavy atom. The number of hydrogen-bond donors (Lipinski definition) is 2. The minimum atomic E-state index is -0.540. The summed E-state index contributed by atoms with van der Waals surface area (Å²) in [4.78, 5) is 24.0. The summed E-state index contributed by atoms with van der Waals surface area (Å²) < 4.78 is 18.6. The Labute approximate surface area is 156 Å². The van der Waals surface area contributed by atoms with E-state index in [-0.39, 0.29) is 24.0 Å². The third-order valence-electron chi connectivity index (χ3n) is 4.59. The molecule has 1 unspecified atom stereocenters. The fraction of sp³-hybridized carbons (Fsp3) is 0.300. The summed E-state index contributed by atoms with van der Waals surface area (Å²) in [5, 5.41) is 13.5. The standard InChI is InChI=1S/C20H21FN2O4/c1-11-8-12(21)4-6-15(11)23-19(26)22-13-5-7-16(24)14(9-13)18-20(2,3)10-17(25)27-18/h4-9,18,24H,10H2,1-3H3,(H2,22,23,26)/p+1. The van der Waals surface area contributed by atoms with Gasteiger partial charge in [-0.05, 0) is 42.8 Å². The first kappa shape index (κ1) is 18.7. The maximum Gasteiger partial charge on any atom is 0.323 e. The van der Waals surface area contributed by atoms with E-state index in [2.05, 4.69) is 10.6 Å². The number of halogens is 1. The fourth-order valence-electron chi connectivity index (χ4n) is 3.19. The average molecular weight is 373 g/mol. The minimum absolute atomic E-state index is 0.239. The van der Waals surface area contributed by atoms with Gasteiger partial charge in [-0.2, -0.15) is 0 Å². The zero-order valence-electron chi connectivity index (χ0n) is 15.4. The maximum absolute atomic E-state index is 13.2. The van der Waals surface area contributed by atoms with Crippen molar-refractivity contribution in [3.05, 3.63) is 53.3 Å². The molecule has 0 aliphatic carbocycles. The Balaban J connectivity index is 1.78. The second kappa shape index (κ2) is 6.90. The van der Waals surface area contributed by atoms with E-state index in [1.807, 2.05) is 13.8 Å². The first-order chi connectivity index (χ1) is 12.7. The van der Waals surface area contributed by atoms with Crippen LogP contribution in [-0.2, 0) is 9.53 Å². The molecule has 7 heteroatoms. The van der Waals surface area contributed by atoms with Gasteiger partial charge < -0.3 is 20.5 Å². The third kappa shape index (κ3) is 4.02. The van der Waals surface area contributed by atoms with E-state index in [1.165, 1.54) is 18.2 Å². The maximum atomic E-state index is 13.2. The SMILES string of the molecule is Cc1cc(F)ccc1NC(=O)Nc1ccc([OH2+])c(C2OC(=O)CC2(C)C)c1. The zero-order chi connectivity index (χ0) is 19.8. The van der Waals surface area contributed by atoms with Crippen LogP contribution in [0.15, 0.2) is 36.4 Å². The fourth-order valence-corrected chi connectivity index (χ4v) is 3.19. The zero-order valence-corrected chi connectivity index (χ0v) is 15.4. The molecule has 1 heterocycles. The van der Waals surface area contributed by atoms with E-state index in [1.54, 1.807) is 25.1 Å². The van der Waals surface area contributed by atoms with Gasteiger partial charge in [0.05, 0.1) is 12.0 Å². The molecular weight excluding hydrogens is 351 g/mol. The van der Waals surface area contributed by atoms with Gasteiger partial charge in [-0.3, -0.25) is 4.79 Å². The lowest BCUT2D eigenvalue weighted by Crippen LogP contribution is -2.21. The molecule has 1 aliphatic rings. The summed E-state index contributed by atoms with van der Waals surface area (Å²) in [7, 11) is 0. The molecule has 3 rings (SSSR count). The Hall–Kier alpha value is -3.09. The van der Waals surface area contributed by atoms with E-state index in [0.717, 1.165) is 0 Å². The smallest absolute Gasteiger partial charge is 0.323 e. The Bertz CT molecular complexity index is 911. The predicted octanol–water partition coefficient (Wildman–Crippen LogP) is 4.23. The number of nitrogens with one attached hydrogen (secondary N) is 2. The van der Waals surface area contributed by atoms with Crippen molar-refractivity contribution in [2.45, 2.75) is 33.3 Å². The van der Waals surface area contributed by atoms with Crippen LogP contribution in [0.3, 0.4) is 0 Å². The number of urea groups is 1. The Kier molecular flexibility index (Phi) is 4.78. The van der Waals surface area contributed by atoms with Crippen LogP contribution < -0.4 is 10.6 Å². The Morgan fingerprint density at radius 2 is 1.96 bits per heavy atom. The van der Waals surface area contributed by atoms with Gasteiger partial charge in [-0.15, -0.1) is 0 Å². The number of carbonyl (C=O) groups is 2. The number of ether oxygens (including phenoxy) is 1. The lowest BCUT2D eigenvalue weighted by molar-refractivity contribution is -0.142. The summed E-state index contributed by atoms with van der Waals surface area (Å²) in [5.41, 5.74) is 1.68. The van der Waals surface area contributed by atoms with E-state index >= 15 is 0 Å². The van der Waals surface area contributed by atoms with Crippen molar-refractivity contribution in [1.82, 2.24) is 0 Å². The highest BCUT2D eigenvalue weighted by Crippen LogP contribution is 2.48. The number of esters is 1. The molecule has 2 aromatic rings. The molecule has 1 aliphatic heterocycles. The number of amides is 2. The molecule has 0 aromatic heterocycles. The molecule has 0 bridgehead atoms. The van der Waals surface area contributed by atoms with Crippen LogP contribution in [0.25, 0.3) is 0 Å². The van der Waals surface area contributed by atoms with Crippen molar-refractivity contribution in [3.8, 4) is 5.75 Å². The quantitative estimate of drug-likeness (QED) is 0.623. The number of rotatable bonds is 3. The van der Waals surface area contributed by atoms with Crippen LogP contribution in [-0.4, -0.2) is 17.1 Å². The van der Waals surface area contributed by atoms with E-state index in [0.29, 0.717) is 22.5 Å². The summed E-state index contributed by atoms with van der Waals surface area (Å²) in [6.45, 7) is 5.51. The highest BCUT2D eigenvalue weighted by Gasteiger charge is 2.44. The minimum Gasteiger partial charge on any atom is -0.593 e. The normalized spacial score (nSPS) is 18.1. The molecule has 2 aromatic carbocycles. The number of benzene rings is 2. The first-order valence-corrected chi connectivity index (χ1v) is 8.55. The van der Waals surface area contributed by atoms with Gasteiger partial charge in [0.15, 0.2) is 0 Å². The van der Waals surface area contributed by atoms with Crippen molar-refractivity contribution < 1.29 is 23.8 Å². The van der Waals surface area contributed by atoms with E-state index in [4.69, 9.17) is 9.84 Å². The lowest BCUT2D eigenvalue weighted by atomic mass is 9.81. The summed E-state index contributed by atoms with van der Waals surface area (Å²) >= 11 is 0. The van der Waals surface area contributed by atoms with Gasteiger partial charge in [0.2, 0.25) is 0 Å². The van der Waals surface area contributed by atoms with Crippen LogP contribution in [0.4, 0.5) is 20.6 Å². The van der Waals surface area contributed by atoms with Crippen LogP contribution in [0.5, 0.6) is 5.75 Å². The molecule has 1 saturated heterocycles. The molecule has 142 valence electrons. The van der Waals surface area contributed by atoms with Crippen molar-refractivity contribution in [1.29, 1.82) is 0 Å². The van der Waals surface area contributed by atoms with Gasteiger partial charge in [0.25, 0.3) is 5.75 Å². The van der Waals surface area contributed by atoms with Crippen LogP contribution in [0.2, 0.25) is 0 Å². The molecule has 1 atom stereocenters. The van der Waals surface area contributed by atoms with Crippen LogP contribution in [0, 0.1) is 18.2 Å². The van der Waals surface area contributed by atoms with Crippen molar-refractivity contribution in [2.24, 2.45) is 5.41 Å². The highest BCUT2D eigenvalue weighted by atomic mass is 19.1. The van der Waals surface area contributed by atoms with E-state index in [9.17, 15) is 14.0 Å². The second-order valence-electron chi connectivity index (χ2n) is 7.38. The van der Waals surface area contributed by atoms with Crippen LogP contribution >= 0.6 is 0 Å². The van der Waals surface area contributed by atoms with Gasteiger partial charge in [-0.25, -0.2) is 9.18 Å². The monoisotopic (exact) mass is 373 g/mol. The predicted molar refractivity (Wildman–Crippen MR) is 101 cm³/mol. The summed E-state index contributed by atoms with van der Waals surface area (Å²) in [6.07, 6.45) is -0.263. The molecular formula is C20H22FN2O4+. The molecule has 0 radical (unpaired) electrons. The van der Waals surface area contributed by atoms with Gasteiger partial charge in [0, 0.05) is 22.9 Å². The lowest BCUT2D eigenvalue weighted by Gasteiger charge is -2.23. The Morgan fingerprint density at radius 3 is 2.59 bits per heavy atom.